The Hall–Kier alpha value is -0.0800. The quantitative estimate of drug-likeness (QED) is 0.733. The van der Waals surface area contributed by atoms with Crippen LogP contribution in [0.4, 0.5) is 0 Å². The first-order chi connectivity index (χ1) is 9.69. The van der Waals surface area contributed by atoms with Crippen LogP contribution in [0.25, 0.3) is 0 Å². The van der Waals surface area contributed by atoms with Gasteiger partial charge in [-0.2, -0.15) is 0 Å². The topological polar surface area (TPSA) is 15.3 Å². The van der Waals surface area contributed by atoms with Crippen molar-refractivity contribution < 1.29 is 0 Å². The monoisotopic (exact) mass is 296 g/mol. The lowest BCUT2D eigenvalue weighted by Crippen LogP contribution is -2.49. The maximum Gasteiger partial charge on any atom is 0.00967 e. The van der Waals surface area contributed by atoms with E-state index >= 15 is 0 Å². The lowest BCUT2D eigenvalue weighted by Gasteiger charge is -2.41. The smallest absolute Gasteiger partial charge is 0.00967 e. The second-order valence-electron chi connectivity index (χ2n) is 8.77. The maximum absolute atomic E-state index is 3.71. The lowest BCUT2D eigenvalue weighted by molar-refractivity contribution is 0.101. The number of hydrogen-bond acceptors (Lipinski definition) is 2. The zero-order chi connectivity index (χ0) is 16.1. The van der Waals surface area contributed by atoms with E-state index in [0.29, 0.717) is 5.41 Å². The third-order valence-electron chi connectivity index (χ3n) is 5.55. The van der Waals surface area contributed by atoms with Crippen LogP contribution in [0.2, 0.25) is 0 Å². The van der Waals surface area contributed by atoms with Crippen molar-refractivity contribution in [1.29, 1.82) is 0 Å². The maximum atomic E-state index is 3.71. The fourth-order valence-corrected chi connectivity index (χ4v) is 3.50. The highest BCUT2D eigenvalue weighted by atomic mass is 15.1. The van der Waals surface area contributed by atoms with E-state index in [-0.39, 0.29) is 5.54 Å². The average molecular weight is 297 g/mol. The van der Waals surface area contributed by atoms with Crippen LogP contribution in [0.3, 0.4) is 0 Å². The third-order valence-corrected chi connectivity index (χ3v) is 5.55. The molecule has 1 saturated carbocycles. The molecule has 0 aliphatic heterocycles. The summed E-state index contributed by atoms with van der Waals surface area (Å²) >= 11 is 0. The van der Waals surface area contributed by atoms with Gasteiger partial charge in [0.05, 0.1) is 0 Å². The minimum absolute atomic E-state index is 0.216. The zero-order valence-electron chi connectivity index (χ0n) is 15.8. The summed E-state index contributed by atoms with van der Waals surface area (Å²) in [7, 11) is 2.35. The molecule has 2 heteroatoms. The third kappa shape index (κ3) is 6.69. The molecule has 1 fully saturated rings. The molecule has 126 valence electrons. The first-order valence-corrected chi connectivity index (χ1v) is 9.14. The Morgan fingerprint density at radius 2 is 1.57 bits per heavy atom. The molecular formula is C19H40N2. The number of hydrogen-bond donors (Lipinski definition) is 1. The largest absolute Gasteiger partial charge is 0.311 e. The molecule has 0 aromatic heterocycles. The van der Waals surface area contributed by atoms with Crippen molar-refractivity contribution in [2.45, 2.75) is 91.6 Å². The summed E-state index contributed by atoms with van der Waals surface area (Å²) in [4.78, 5) is 2.65. The van der Waals surface area contributed by atoms with Crippen LogP contribution in [0.1, 0.15) is 80.1 Å². The van der Waals surface area contributed by atoms with Gasteiger partial charge in [-0.1, -0.05) is 27.2 Å². The summed E-state index contributed by atoms with van der Waals surface area (Å²) in [5, 5.41) is 3.71. The predicted octanol–water partition coefficient (Wildman–Crippen LogP) is 4.69. The van der Waals surface area contributed by atoms with Crippen LogP contribution in [0, 0.1) is 11.3 Å². The predicted molar refractivity (Wildman–Crippen MR) is 94.8 cm³/mol. The van der Waals surface area contributed by atoms with Gasteiger partial charge in [0.15, 0.2) is 0 Å². The molecule has 1 atom stereocenters. The van der Waals surface area contributed by atoms with Crippen LogP contribution in [-0.4, -0.2) is 36.6 Å². The second-order valence-corrected chi connectivity index (χ2v) is 8.77. The molecule has 0 amide bonds. The first-order valence-electron chi connectivity index (χ1n) is 9.14. The molecular weight excluding hydrogens is 256 g/mol. The first kappa shape index (κ1) is 19.0. The van der Waals surface area contributed by atoms with Crippen molar-refractivity contribution >= 4 is 0 Å². The van der Waals surface area contributed by atoms with E-state index in [2.05, 4.69) is 58.8 Å². The molecule has 21 heavy (non-hydrogen) atoms. The summed E-state index contributed by atoms with van der Waals surface area (Å²) in [6.45, 7) is 16.2. The van der Waals surface area contributed by atoms with E-state index in [9.17, 15) is 0 Å². The molecule has 1 N–H and O–H groups in total. The lowest BCUT2D eigenvalue weighted by atomic mass is 9.82. The fourth-order valence-electron chi connectivity index (χ4n) is 3.50. The van der Waals surface area contributed by atoms with Gasteiger partial charge in [0.1, 0.15) is 0 Å². The van der Waals surface area contributed by atoms with Crippen LogP contribution in [0.15, 0.2) is 0 Å². The van der Waals surface area contributed by atoms with Gasteiger partial charge in [-0.15, -0.1) is 0 Å². The fraction of sp³-hybridized carbons (Fsp3) is 1.00. The SMILES string of the molecule is CCC1CCC(N(C)CC(C)(CC)CNC(C)(C)C)CC1. The summed E-state index contributed by atoms with van der Waals surface area (Å²) in [6.07, 6.45) is 8.30. The normalized spacial score (nSPS) is 26.9. The highest BCUT2D eigenvalue weighted by Crippen LogP contribution is 2.31. The Morgan fingerprint density at radius 1 is 1.00 bits per heavy atom. The Kier molecular flexibility index (Phi) is 7.19. The van der Waals surface area contributed by atoms with E-state index in [1.807, 2.05) is 0 Å². The van der Waals surface area contributed by atoms with Gasteiger partial charge in [-0.3, -0.25) is 0 Å². The van der Waals surface area contributed by atoms with E-state index in [1.54, 1.807) is 0 Å². The van der Waals surface area contributed by atoms with Gasteiger partial charge < -0.3 is 10.2 Å². The summed E-state index contributed by atoms with van der Waals surface area (Å²) in [6, 6.07) is 0.813. The summed E-state index contributed by atoms with van der Waals surface area (Å²) in [5.74, 6) is 0.995. The molecule has 0 aromatic carbocycles. The molecule has 1 aliphatic rings. The zero-order valence-corrected chi connectivity index (χ0v) is 15.8. The minimum atomic E-state index is 0.216. The minimum Gasteiger partial charge on any atom is -0.311 e. The van der Waals surface area contributed by atoms with Gasteiger partial charge in [-0.25, -0.2) is 0 Å². The molecule has 0 saturated heterocycles. The average Bonchev–Trinajstić information content (AvgIpc) is 2.44. The Morgan fingerprint density at radius 3 is 2.00 bits per heavy atom. The number of nitrogens with zero attached hydrogens (tertiary/aromatic N) is 1. The van der Waals surface area contributed by atoms with Gasteiger partial charge in [0.25, 0.3) is 0 Å². The molecule has 1 unspecified atom stereocenters. The van der Waals surface area contributed by atoms with Crippen molar-refractivity contribution in [3.63, 3.8) is 0 Å². The van der Waals surface area contributed by atoms with Crippen molar-refractivity contribution in [2.75, 3.05) is 20.1 Å². The molecule has 1 aliphatic carbocycles. The number of nitrogens with one attached hydrogen (secondary N) is 1. The molecule has 0 heterocycles. The van der Waals surface area contributed by atoms with Crippen LogP contribution >= 0.6 is 0 Å². The van der Waals surface area contributed by atoms with E-state index < -0.39 is 0 Å². The highest BCUT2D eigenvalue weighted by molar-refractivity contribution is 4.86. The van der Waals surface area contributed by atoms with E-state index in [4.69, 9.17) is 0 Å². The Labute approximate surface area is 134 Å². The highest BCUT2D eigenvalue weighted by Gasteiger charge is 2.30. The number of rotatable bonds is 7. The molecule has 0 spiro atoms. The molecule has 0 radical (unpaired) electrons. The van der Waals surface area contributed by atoms with Gasteiger partial charge in [0, 0.05) is 24.7 Å². The summed E-state index contributed by atoms with van der Waals surface area (Å²) in [5.41, 5.74) is 0.595. The van der Waals surface area contributed by atoms with Crippen LogP contribution in [-0.2, 0) is 0 Å². The van der Waals surface area contributed by atoms with Crippen molar-refractivity contribution in [3.8, 4) is 0 Å². The second kappa shape index (κ2) is 7.97. The molecule has 1 rings (SSSR count). The Bertz CT molecular complexity index is 286. The Balaban J connectivity index is 2.48. The van der Waals surface area contributed by atoms with E-state index in [1.165, 1.54) is 45.1 Å². The van der Waals surface area contributed by atoms with Crippen molar-refractivity contribution in [3.05, 3.63) is 0 Å². The van der Waals surface area contributed by atoms with Gasteiger partial charge >= 0.3 is 0 Å². The van der Waals surface area contributed by atoms with E-state index in [0.717, 1.165) is 18.5 Å². The van der Waals surface area contributed by atoms with Gasteiger partial charge in [0.2, 0.25) is 0 Å². The van der Waals surface area contributed by atoms with Crippen molar-refractivity contribution in [2.24, 2.45) is 11.3 Å². The molecule has 0 bridgehead atoms. The van der Waals surface area contributed by atoms with Crippen molar-refractivity contribution in [1.82, 2.24) is 10.2 Å². The van der Waals surface area contributed by atoms with Crippen LogP contribution in [0.5, 0.6) is 0 Å². The molecule has 0 aromatic rings. The summed E-state index contributed by atoms with van der Waals surface area (Å²) < 4.78 is 0. The van der Waals surface area contributed by atoms with Gasteiger partial charge in [-0.05, 0) is 71.3 Å². The standard InChI is InChI=1S/C19H40N2/c1-8-16-10-12-17(13-11-16)21(7)15-19(6,9-2)14-20-18(3,4)5/h16-17,20H,8-15H2,1-7H3. The van der Waals surface area contributed by atoms with Crippen LogP contribution < -0.4 is 5.32 Å². The molecule has 2 nitrogen and oxygen atoms in total.